The lowest BCUT2D eigenvalue weighted by Crippen LogP contribution is -2.46. The number of carbonyl (C=O) groups excluding carboxylic acids is 4. The number of aromatic amines is 2. The number of carbonyl (C=O) groups is 4. The minimum Gasteiger partial charge on any atom is -0.361 e. The first-order chi connectivity index (χ1) is 15.5. The lowest BCUT2D eigenvalue weighted by Gasteiger charge is -2.24. The van der Waals surface area contributed by atoms with Gasteiger partial charge in [0, 0.05) is 34.2 Å². The van der Waals surface area contributed by atoms with Crippen molar-refractivity contribution in [3.63, 3.8) is 0 Å². The van der Waals surface area contributed by atoms with Crippen LogP contribution >= 0.6 is 0 Å². The van der Waals surface area contributed by atoms with Gasteiger partial charge in [0.05, 0.1) is 23.3 Å². The summed E-state index contributed by atoms with van der Waals surface area (Å²) >= 11 is 0. The second-order valence-corrected chi connectivity index (χ2v) is 7.49. The minimum absolute atomic E-state index is 0.129. The molecule has 0 aliphatic heterocycles. The Morgan fingerprint density at radius 2 is 1.00 bits per heavy atom. The van der Waals surface area contributed by atoms with Crippen molar-refractivity contribution < 1.29 is 19.2 Å². The normalized spacial score (nSPS) is 18.8. The van der Waals surface area contributed by atoms with Crippen LogP contribution in [0.3, 0.4) is 0 Å². The SMILES string of the molecule is N#Cc1cccc2[nH]cc(C3C(=O)C(=O)C(c4c[nH]c5cccc(C#N)c45)C(=O)C3=O)c12. The summed E-state index contributed by atoms with van der Waals surface area (Å²) in [6, 6.07) is 13.7. The molecule has 2 aromatic carbocycles. The van der Waals surface area contributed by atoms with E-state index in [0.29, 0.717) is 21.8 Å². The van der Waals surface area contributed by atoms with Gasteiger partial charge in [0.2, 0.25) is 23.1 Å². The fourth-order valence-corrected chi connectivity index (χ4v) is 4.44. The summed E-state index contributed by atoms with van der Waals surface area (Å²) < 4.78 is 0. The topological polar surface area (TPSA) is 147 Å². The van der Waals surface area contributed by atoms with Crippen molar-refractivity contribution >= 4 is 44.9 Å². The van der Waals surface area contributed by atoms with Crippen LogP contribution in [0.1, 0.15) is 34.1 Å². The largest absolute Gasteiger partial charge is 0.361 e. The molecule has 0 radical (unpaired) electrons. The molecule has 4 aromatic rings. The Balaban J connectivity index is 1.66. The van der Waals surface area contributed by atoms with E-state index >= 15 is 0 Å². The number of benzene rings is 2. The first-order valence-electron chi connectivity index (χ1n) is 9.64. The van der Waals surface area contributed by atoms with Crippen LogP contribution < -0.4 is 0 Å². The molecular weight excluding hydrogens is 408 g/mol. The van der Waals surface area contributed by atoms with E-state index < -0.39 is 35.0 Å². The molecule has 1 aliphatic rings. The summed E-state index contributed by atoms with van der Waals surface area (Å²) in [6.07, 6.45) is 2.76. The van der Waals surface area contributed by atoms with Gasteiger partial charge in [0.1, 0.15) is 11.8 Å². The maximum absolute atomic E-state index is 13.1. The molecular formula is C24H12N4O4. The molecule has 32 heavy (non-hydrogen) atoms. The van der Waals surface area contributed by atoms with E-state index in [1.54, 1.807) is 24.3 Å². The summed E-state index contributed by atoms with van der Waals surface area (Å²) in [4.78, 5) is 58.3. The highest BCUT2D eigenvalue weighted by molar-refractivity contribution is 6.64. The van der Waals surface area contributed by atoms with Crippen molar-refractivity contribution in [2.45, 2.75) is 11.8 Å². The highest BCUT2D eigenvalue weighted by Crippen LogP contribution is 2.38. The van der Waals surface area contributed by atoms with Gasteiger partial charge in [-0.25, -0.2) is 0 Å². The third kappa shape index (κ3) is 2.47. The number of nitrogens with zero attached hydrogens (tertiary/aromatic N) is 2. The molecule has 152 valence electrons. The summed E-state index contributed by atoms with van der Waals surface area (Å²) in [6.45, 7) is 0. The van der Waals surface area contributed by atoms with Crippen molar-refractivity contribution in [3.05, 3.63) is 71.0 Å². The lowest BCUT2D eigenvalue weighted by molar-refractivity contribution is -0.150. The van der Waals surface area contributed by atoms with E-state index in [9.17, 15) is 29.7 Å². The fourth-order valence-electron chi connectivity index (χ4n) is 4.44. The van der Waals surface area contributed by atoms with Crippen LogP contribution in [0.2, 0.25) is 0 Å². The first kappa shape index (κ1) is 19.2. The van der Waals surface area contributed by atoms with Gasteiger partial charge in [-0.05, 0) is 35.4 Å². The average molecular weight is 420 g/mol. The number of Topliss-reactive ketones (excluding diaryl/α,β-unsaturated/α-hetero) is 4. The van der Waals surface area contributed by atoms with Gasteiger partial charge < -0.3 is 9.97 Å². The van der Waals surface area contributed by atoms with Gasteiger partial charge in [0.15, 0.2) is 0 Å². The van der Waals surface area contributed by atoms with E-state index in [0.717, 1.165) is 0 Å². The number of nitrogens with one attached hydrogen (secondary N) is 2. The van der Waals surface area contributed by atoms with E-state index in [1.165, 1.54) is 24.5 Å². The summed E-state index contributed by atoms with van der Waals surface area (Å²) in [5.74, 6) is -7.30. The molecule has 0 atom stereocenters. The molecule has 2 heterocycles. The van der Waals surface area contributed by atoms with E-state index in [-0.39, 0.29) is 22.3 Å². The second kappa shape index (κ2) is 6.86. The Morgan fingerprint density at radius 3 is 1.34 bits per heavy atom. The molecule has 1 fully saturated rings. The molecule has 2 N–H and O–H groups in total. The molecule has 1 aliphatic carbocycles. The molecule has 5 rings (SSSR count). The standard InChI is InChI=1S/C24H12N4O4/c25-7-11-3-1-5-15-17(11)13(9-27-15)19-21(29)23(31)20(24(32)22(19)30)14-10-28-16-6-2-4-12(8-26)18(14)16/h1-6,9-10,19-20,27-28H. The summed E-state index contributed by atoms with van der Waals surface area (Å²) in [5, 5.41) is 19.5. The van der Waals surface area contributed by atoms with Crippen LogP contribution in [0.4, 0.5) is 0 Å². The second-order valence-electron chi connectivity index (χ2n) is 7.49. The number of aromatic nitrogens is 2. The van der Waals surface area contributed by atoms with Gasteiger partial charge in [-0.3, -0.25) is 19.2 Å². The molecule has 8 nitrogen and oxygen atoms in total. The van der Waals surface area contributed by atoms with Crippen LogP contribution in [-0.4, -0.2) is 33.1 Å². The highest BCUT2D eigenvalue weighted by atomic mass is 16.2. The Hall–Kier alpha value is -4.82. The zero-order valence-corrected chi connectivity index (χ0v) is 16.3. The third-order valence-electron chi connectivity index (χ3n) is 5.87. The quantitative estimate of drug-likeness (QED) is 0.376. The number of hydrogen-bond donors (Lipinski definition) is 2. The minimum atomic E-state index is -1.62. The predicted octanol–water partition coefficient (Wildman–Crippen LogP) is 2.55. The number of rotatable bonds is 2. The summed E-state index contributed by atoms with van der Waals surface area (Å²) in [5.41, 5.74) is 1.72. The van der Waals surface area contributed by atoms with Gasteiger partial charge in [0.25, 0.3) is 0 Å². The van der Waals surface area contributed by atoms with Crippen molar-refractivity contribution in [1.82, 2.24) is 9.97 Å². The Bertz CT molecular complexity index is 1440. The highest BCUT2D eigenvalue weighted by Gasteiger charge is 2.51. The molecule has 1 saturated carbocycles. The Kier molecular flexibility index (Phi) is 4.11. The zero-order valence-electron chi connectivity index (χ0n) is 16.3. The van der Waals surface area contributed by atoms with Crippen LogP contribution in [0.25, 0.3) is 21.8 Å². The monoisotopic (exact) mass is 420 g/mol. The van der Waals surface area contributed by atoms with Crippen molar-refractivity contribution in [1.29, 1.82) is 10.5 Å². The average Bonchev–Trinajstić information content (AvgIpc) is 3.43. The fraction of sp³-hybridized carbons (Fsp3) is 0.0833. The number of ketones is 4. The number of fused-ring (bicyclic) bond motifs is 2. The van der Waals surface area contributed by atoms with Crippen LogP contribution in [0.5, 0.6) is 0 Å². The van der Waals surface area contributed by atoms with Gasteiger partial charge in [-0.2, -0.15) is 10.5 Å². The number of nitriles is 2. The maximum atomic E-state index is 13.1. The first-order valence-corrected chi connectivity index (χ1v) is 9.64. The van der Waals surface area contributed by atoms with Gasteiger partial charge >= 0.3 is 0 Å². The van der Waals surface area contributed by atoms with Crippen molar-refractivity contribution in [2.24, 2.45) is 0 Å². The molecule has 2 aromatic heterocycles. The van der Waals surface area contributed by atoms with Crippen LogP contribution in [0.15, 0.2) is 48.8 Å². The van der Waals surface area contributed by atoms with Crippen molar-refractivity contribution in [3.8, 4) is 12.1 Å². The van der Waals surface area contributed by atoms with Crippen LogP contribution in [0, 0.1) is 22.7 Å². The number of hydrogen-bond acceptors (Lipinski definition) is 6. The predicted molar refractivity (Wildman–Crippen MR) is 112 cm³/mol. The van der Waals surface area contributed by atoms with Crippen LogP contribution in [-0.2, 0) is 19.2 Å². The molecule has 0 unspecified atom stereocenters. The number of H-pyrrole nitrogens is 2. The summed E-state index contributed by atoms with van der Waals surface area (Å²) in [7, 11) is 0. The van der Waals surface area contributed by atoms with E-state index in [2.05, 4.69) is 9.97 Å². The van der Waals surface area contributed by atoms with E-state index in [1.807, 2.05) is 12.1 Å². The third-order valence-corrected chi connectivity index (χ3v) is 5.87. The maximum Gasteiger partial charge on any atom is 0.214 e. The zero-order chi connectivity index (χ0) is 22.6. The lowest BCUT2D eigenvalue weighted by atomic mass is 9.72. The molecule has 8 heteroatoms. The molecule has 0 saturated heterocycles. The van der Waals surface area contributed by atoms with Gasteiger partial charge in [-0.15, -0.1) is 0 Å². The smallest absolute Gasteiger partial charge is 0.214 e. The van der Waals surface area contributed by atoms with Crippen molar-refractivity contribution in [2.75, 3.05) is 0 Å². The van der Waals surface area contributed by atoms with E-state index in [4.69, 9.17) is 0 Å². The Morgan fingerprint density at radius 1 is 0.625 bits per heavy atom. The van der Waals surface area contributed by atoms with Gasteiger partial charge in [-0.1, -0.05) is 12.1 Å². The molecule has 0 amide bonds. The molecule has 0 spiro atoms. The Labute approximate surface area is 180 Å². The molecule has 0 bridgehead atoms.